The van der Waals surface area contributed by atoms with Crippen LogP contribution in [-0.4, -0.2) is 0 Å². The predicted molar refractivity (Wildman–Crippen MR) is 93.7 cm³/mol. The third-order valence-electron chi connectivity index (χ3n) is 2.29. The molecular formula is C12H8BrFI2N2. The van der Waals surface area contributed by atoms with Gasteiger partial charge in [-0.05, 0) is 85.4 Å². The van der Waals surface area contributed by atoms with Crippen molar-refractivity contribution in [2.75, 3.05) is 11.1 Å². The highest BCUT2D eigenvalue weighted by atomic mass is 127. The Morgan fingerprint density at radius 1 is 1.11 bits per heavy atom. The van der Waals surface area contributed by atoms with E-state index in [1.165, 1.54) is 6.07 Å². The van der Waals surface area contributed by atoms with Crippen LogP contribution in [0.15, 0.2) is 34.8 Å². The molecule has 0 fully saturated rings. The van der Waals surface area contributed by atoms with E-state index < -0.39 is 0 Å². The van der Waals surface area contributed by atoms with Crippen LogP contribution in [0, 0.1) is 13.0 Å². The Balaban J connectivity index is 2.37. The van der Waals surface area contributed by atoms with Crippen molar-refractivity contribution in [3.63, 3.8) is 0 Å². The molecule has 0 aliphatic carbocycles. The third kappa shape index (κ3) is 3.27. The summed E-state index contributed by atoms with van der Waals surface area (Å²) in [6, 6.07) is 8.87. The lowest BCUT2D eigenvalue weighted by atomic mass is 10.2. The van der Waals surface area contributed by atoms with Crippen LogP contribution in [0.2, 0.25) is 0 Å². The van der Waals surface area contributed by atoms with Gasteiger partial charge in [0.25, 0.3) is 0 Å². The summed E-state index contributed by atoms with van der Waals surface area (Å²) in [5, 5.41) is 3.12. The van der Waals surface area contributed by atoms with Gasteiger partial charge in [0.05, 0.1) is 20.6 Å². The van der Waals surface area contributed by atoms with E-state index in [1.807, 2.05) is 40.8 Å². The molecule has 94 valence electrons. The van der Waals surface area contributed by atoms with Crippen LogP contribution in [0.25, 0.3) is 0 Å². The molecule has 0 radical (unpaired) electrons. The number of rotatable bonds is 2. The molecule has 2 aromatic rings. The van der Waals surface area contributed by atoms with Gasteiger partial charge in [0.1, 0.15) is 5.82 Å². The van der Waals surface area contributed by atoms with Crippen LogP contribution in [0.3, 0.4) is 0 Å². The first-order chi connectivity index (χ1) is 8.47. The van der Waals surface area contributed by atoms with Crippen molar-refractivity contribution in [1.29, 1.82) is 0 Å². The number of nitrogens with two attached hydrogens (primary N) is 1. The van der Waals surface area contributed by atoms with Gasteiger partial charge in [0, 0.05) is 14.1 Å². The maximum atomic E-state index is 13.5. The van der Waals surface area contributed by atoms with E-state index in [9.17, 15) is 4.39 Å². The molecule has 0 aliphatic rings. The van der Waals surface area contributed by atoms with Crippen LogP contribution in [-0.2, 0) is 0 Å². The lowest BCUT2D eigenvalue weighted by Crippen LogP contribution is -1.99. The number of halogens is 4. The van der Waals surface area contributed by atoms with E-state index in [0.29, 0.717) is 14.9 Å². The molecule has 2 aromatic carbocycles. The van der Waals surface area contributed by atoms with Crippen molar-refractivity contribution in [3.8, 4) is 0 Å². The van der Waals surface area contributed by atoms with Crippen LogP contribution < -0.4 is 11.1 Å². The van der Waals surface area contributed by atoms with Gasteiger partial charge in [-0.15, -0.1) is 0 Å². The maximum Gasteiger partial charge on any atom is 0.138 e. The second-order valence-corrected chi connectivity index (χ2v) is 6.86. The Bertz CT molecular complexity index is 605. The first kappa shape index (κ1) is 14.3. The molecule has 3 N–H and O–H groups in total. The minimum absolute atomic E-state index is 0.283. The van der Waals surface area contributed by atoms with Gasteiger partial charge < -0.3 is 11.1 Å². The van der Waals surface area contributed by atoms with E-state index >= 15 is 0 Å². The summed E-state index contributed by atoms with van der Waals surface area (Å²) in [6.07, 6.45) is 0. The zero-order valence-corrected chi connectivity index (χ0v) is 14.9. The number of benzene rings is 2. The summed E-state index contributed by atoms with van der Waals surface area (Å²) in [5.41, 5.74) is 7.80. The highest BCUT2D eigenvalue weighted by Crippen LogP contribution is 2.31. The summed E-state index contributed by atoms with van der Waals surface area (Å²) in [4.78, 5) is 0. The van der Waals surface area contributed by atoms with Gasteiger partial charge in [-0.2, -0.15) is 0 Å². The monoisotopic (exact) mass is 532 g/mol. The topological polar surface area (TPSA) is 38.0 Å². The molecule has 0 spiro atoms. The van der Waals surface area contributed by atoms with E-state index in [2.05, 4.69) is 43.8 Å². The van der Waals surface area contributed by atoms with Crippen molar-refractivity contribution in [1.82, 2.24) is 0 Å². The van der Waals surface area contributed by atoms with Crippen molar-refractivity contribution in [2.24, 2.45) is 0 Å². The van der Waals surface area contributed by atoms with Crippen LogP contribution in [0.4, 0.5) is 21.5 Å². The highest BCUT2D eigenvalue weighted by molar-refractivity contribution is 14.1. The quantitative estimate of drug-likeness (QED) is 0.416. The summed E-state index contributed by atoms with van der Waals surface area (Å²) in [5.74, 6) is -0.283. The molecule has 2 nitrogen and oxygen atoms in total. The number of nitrogens with one attached hydrogen (secondary N) is 1. The first-order valence-electron chi connectivity index (χ1n) is 4.94. The lowest BCUT2D eigenvalue weighted by Gasteiger charge is -2.12. The molecule has 0 unspecified atom stereocenters. The highest BCUT2D eigenvalue weighted by Gasteiger charge is 2.08. The number of hydrogen-bond donors (Lipinski definition) is 2. The lowest BCUT2D eigenvalue weighted by molar-refractivity contribution is 0.621. The van der Waals surface area contributed by atoms with Gasteiger partial charge in [-0.25, -0.2) is 4.39 Å². The first-order valence-corrected chi connectivity index (χ1v) is 7.89. The minimum Gasteiger partial charge on any atom is -0.397 e. The zero-order chi connectivity index (χ0) is 13.3. The molecule has 0 saturated heterocycles. The fourth-order valence-corrected chi connectivity index (χ4v) is 3.29. The molecule has 0 saturated carbocycles. The predicted octanol–water partition coefficient (Wildman–Crippen LogP) is 5.12. The molecule has 0 bridgehead atoms. The van der Waals surface area contributed by atoms with E-state index in [0.717, 1.165) is 13.7 Å². The smallest absolute Gasteiger partial charge is 0.138 e. The number of anilines is 3. The van der Waals surface area contributed by atoms with E-state index in [1.54, 1.807) is 6.07 Å². The Hall–Kier alpha value is -0.0900. The second-order valence-electron chi connectivity index (χ2n) is 3.60. The Morgan fingerprint density at radius 3 is 2.50 bits per heavy atom. The Morgan fingerprint density at radius 2 is 1.83 bits per heavy atom. The largest absolute Gasteiger partial charge is 0.397 e. The van der Waals surface area contributed by atoms with Crippen LogP contribution in [0.1, 0.15) is 0 Å². The van der Waals surface area contributed by atoms with Gasteiger partial charge in [-0.3, -0.25) is 0 Å². The SMILES string of the molecule is Nc1cc(I)c(F)cc1Nc1ccc(I)cc1Br. The van der Waals surface area contributed by atoms with Crippen molar-refractivity contribution in [3.05, 3.63) is 47.8 Å². The summed E-state index contributed by atoms with van der Waals surface area (Å²) in [7, 11) is 0. The fourth-order valence-electron chi connectivity index (χ4n) is 1.41. The van der Waals surface area contributed by atoms with Gasteiger partial charge in [0.2, 0.25) is 0 Å². The summed E-state index contributed by atoms with van der Waals surface area (Å²) >= 11 is 7.60. The molecular weight excluding hydrogens is 525 g/mol. The molecule has 6 heteroatoms. The average molecular weight is 533 g/mol. The molecule has 18 heavy (non-hydrogen) atoms. The van der Waals surface area contributed by atoms with Gasteiger partial charge in [-0.1, -0.05) is 0 Å². The van der Waals surface area contributed by atoms with E-state index in [-0.39, 0.29) is 5.82 Å². The van der Waals surface area contributed by atoms with Crippen molar-refractivity contribution in [2.45, 2.75) is 0 Å². The van der Waals surface area contributed by atoms with Crippen molar-refractivity contribution < 1.29 is 4.39 Å². The molecule has 0 aliphatic heterocycles. The van der Waals surface area contributed by atoms with Gasteiger partial charge >= 0.3 is 0 Å². The Labute approximate surface area is 140 Å². The van der Waals surface area contributed by atoms with Crippen LogP contribution in [0.5, 0.6) is 0 Å². The minimum atomic E-state index is -0.283. The number of hydrogen-bond acceptors (Lipinski definition) is 2. The third-order valence-corrected chi connectivity index (χ3v) is 4.45. The molecule has 2 rings (SSSR count). The standard InChI is InChI=1S/C12H8BrFI2N2/c13-7-3-6(15)1-2-11(7)18-12-4-8(14)9(16)5-10(12)17/h1-5,18H,17H2. The van der Waals surface area contributed by atoms with Crippen LogP contribution >= 0.6 is 61.1 Å². The number of nitrogen functional groups attached to an aromatic ring is 1. The second kappa shape index (κ2) is 5.91. The Kier molecular flexibility index (Phi) is 4.70. The van der Waals surface area contributed by atoms with E-state index in [4.69, 9.17) is 5.73 Å². The fraction of sp³-hybridized carbons (Fsp3) is 0. The average Bonchev–Trinajstić information content (AvgIpc) is 2.29. The van der Waals surface area contributed by atoms with Gasteiger partial charge in [0.15, 0.2) is 0 Å². The molecule has 0 heterocycles. The maximum absolute atomic E-state index is 13.5. The molecule has 0 amide bonds. The summed E-state index contributed by atoms with van der Waals surface area (Å²) in [6.45, 7) is 0. The zero-order valence-electron chi connectivity index (χ0n) is 8.98. The normalized spacial score (nSPS) is 10.4. The van der Waals surface area contributed by atoms with Crippen molar-refractivity contribution >= 4 is 78.2 Å². The molecule has 0 atom stereocenters. The molecule has 0 aromatic heterocycles. The summed E-state index contributed by atoms with van der Waals surface area (Å²) < 4.78 is 16.0.